The van der Waals surface area contributed by atoms with Gasteiger partial charge in [-0.1, -0.05) is 28.1 Å². The normalized spacial score (nSPS) is 12.3. The summed E-state index contributed by atoms with van der Waals surface area (Å²) in [5, 5.41) is 35.5. The number of amides is 1. The third-order valence-electron chi connectivity index (χ3n) is 4.86. The summed E-state index contributed by atoms with van der Waals surface area (Å²) in [6.07, 6.45) is 0.623. The van der Waals surface area contributed by atoms with E-state index < -0.39 is 0 Å². The zero-order chi connectivity index (χ0) is 20.8. The minimum atomic E-state index is -0.388. The van der Waals surface area contributed by atoms with Gasteiger partial charge < -0.3 is 15.7 Å². The molecule has 0 fully saturated rings. The van der Waals surface area contributed by atoms with Crippen LogP contribution in [-0.2, 0) is 12.8 Å². The van der Waals surface area contributed by atoms with E-state index in [1.54, 1.807) is 36.4 Å². The van der Waals surface area contributed by atoms with E-state index in [-0.39, 0.29) is 22.9 Å². The molecule has 0 aliphatic heterocycles. The highest BCUT2D eigenvalue weighted by Gasteiger charge is 2.39. The number of hydrogen-bond donors (Lipinski definition) is 1. The van der Waals surface area contributed by atoms with Crippen LogP contribution in [0.2, 0.25) is 0 Å². The van der Waals surface area contributed by atoms with Crippen molar-refractivity contribution in [3.8, 4) is 17.1 Å². The summed E-state index contributed by atoms with van der Waals surface area (Å²) >= 11 is 3.35. The lowest BCUT2D eigenvalue weighted by Crippen LogP contribution is -2.42. The lowest BCUT2D eigenvalue weighted by molar-refractivity contribution is -0.808. The Hall–Kier alpha value is -3.73. The number of nitrogens with zero attached hydrogens (tertiary/aromatic N) is 5. The molecule has 1 N–H and O–H groups in total. The number of carbonyl (C=O) groups is 1. The number of anilines is 1. The van der Waals surface area contributed by atoms with Crippen molar-refractivity contribution in [2.45, 2.75) is 12.8 Å². The zero-order valence-corrected chi connectivity index (χ0v) is 16.9. The zero-order valence-electron chi connectivity index (χ0n) is 15.3. The fourth-order valence-corrected chi connectivity index (χ4v) is 3.68. The molecule has 0 unspecified atom stereocenters. The predicted molar refractivity (Wildman–Crippen MR) is 106 cm³/mol. The second-order valence-electron chi connectivity index (χ2n) is 6.66. The molecule has 11 heteroatoms. The highest BCUT2D eigenvalue weighted by molar-refractivity contribution is 9.10. The predicted octanol–water partition coefficient (Wildman–Crippen LogP) is 1.91. The molecule has 1 aliphatic rings. The van der Waals surface area contributed by atoms with Gasteiger partial charge in [0.25, 0.3) is 5.91 Å². The molecule has 0 saturated heterocycles. The van der Waals surface area contributed by atoms with Gasteiger partial charge in [0.05, 0.1) is 15.8 Å². The third-order valence-corrected chi connectivity index (χ3v) is 5.39. The molecule has 0 atom stereocenters. The molecule has 1 aliphatic carbocycles. The van der Waals surface area contributed by atoms with Crippen molar-refractivity contribution in [2.75, 3.05) is 5.32 Å². The van der Waals surface area contributed by atoms with Gasteiger partial charge in [-0.05, 0) is 46.1 Å². The molecular weight excluding hydrogens is 456 g/mol. The second kappa shape index (κ2) is 6.95. The molecule has 10 nitrogen and oxygen atoms in total. The van der Waals surface area contributed by atoms with Gasteiger partial charge >= 0.3 is 11.4 Å². The first-order chi connectivity index (χ1) is 14.5. The molecule has 2 aromatic carbocycles. The molecule has 150 valence electrons. The van der Waals surface area contributed by atoms with Crippen LogP contribution in [0.3, 0.4) is 0 Å². The summed E-state index contributed by atoms with van der Waals surface area (Å²) in [6.45, 7) is 0. The monoisotopic (exact) mass is 468 g/mol. The van der Waals surface area contributed by atoms with Crippen molar-refractivity contribution in [1.29, 1.82) is 0 Å². The SMILES string of the molecule is O=C(Nc1ccc(Br)cc1)c1ccccc1-n1nc2c([n+]1[O-])CCc1c-2no[n+]1[O-]. The van der Waals surface area contributed by atoms with Crippen LogP contribution in [0.4, 0.5) is 5.69 Å². The van der Waals surface area contributed by atoms with Gasteiger partial charge in [0.2, 0.25) is 5.69 Å². The van der Waals surface area contributed by atoms with Crippen LogP contribution >= 0.6 is 15.9 Å². The lowest BCUT2D eigenvalue weighted by atomic mass is 10.0. The van der Waals surface area contributed by atoms with E-state index in [0.29, 0.717) is 45.4 Å². The maximum absolute atomic E-state index is 12.9. The van der Waals surface area contributed by atoms with E-state index in [9.17, 15) is 15.2 Å². The Bertz CT molecular complexity index is 1280. The van der Waals surface area contributed by atoms with E-state index in [1.807, 2.05) is 12.1 Å². The first-order valence-electron chi connectivity index (χ1n) is 9.00. The Kier molecular flexibility index (Phi) is 4.24. The molecule has 2 heterocycles. The summed E-state index contributed by atoms with van der Waals surface area (Å²) in [4.78, 5) is 14.9. The second-order valence-corrected chi connectivity index (χ2v) is 7.58. The minimum absolute atomic E-state index is 0.242. The van der Waals surface area contributed by atoms with Gasteiger partial charge in [-0.2, -0.15) is 0 Å². The molecule has 1 amide bonds. The fraction of sp³-hybridized carbons (Fsp3) is 0.105. The lowest BCUT2D eigenvalue weighted by Gasteiger charge is -2.11. The van der Waals surface area contributed by atoms with Gasteiger partial charge in [0, 0.05) is 23.0 Å². The summed E-state index contributed by atoms with van der Waals surface area (Å²) in [7, 11) is 0. The van der Waals surface area contributed by atoms with Crippen LogP contribution < -0.4 is 15.1 Å². The highest BCUT2D eigenvalue weighted by Crippen LogP contribution is 2.27. The fourth-order valence-electron chi connectivity index (χ4n) is 3.41. The number of hydrogen-bond acceptors (Lipinski definition) is 6. The average Bonchev–Trinajstić information content (AvgIpc) is 3.30. The van der Waals surface area contributed by atoms with Crippen molar-refractivity contribution >= 4 is 27.5 Å². The molecule has 0 spiro atoms. The molecule has 4 aromatic rings. The van der Waals surface area contributed by atoms with Crippen molar-refractivity contribution in [3.63, 3.8) is 0 Å². The number of halogens is 1. The molecule has 5 rings (SSSR count). The Balaban J connectivity index is 1.56. The highest BCUT2D eigenvalue weighted by atomic mass is 79.9. The number of fused-ring (bicyclic) bond motifs is 3. The van der Waals surface area contributed by atoms with Crippen LogP contribution in [0, 0.1) is 10.4 Å². The van der Waals surface area contributed by atoms with Crippen molar-refractivity contribution in [1.82, 2.24) is 15.1 Å². The Morgan fingerprint density at radius 3 is 2.60 bits per heavy atom. The van der Waals surface area contributed by atoms with E-state index in [1.165, 1.54) is 0 Å². The van der Waals surface area contributed by atoms with Gasteiger partial charge in [-0.15, -0.1) is 4.85 Å². The first-order valence-corrected chi connectivity index (χ1v) is 9.79. The van der Waals surface area contributed by atoms with Gasteiger partial charge in [0.15, 0.2) is 5.69 Å². The van der Waals surface area contributed by atoms with Crippen molar-refractivity contribution in [2.24, 2.45) is 0 Å². The van der Waals surface area contributed by atoms with E-state index >= 15 is 0 Å². The van der Waals surface area contributed by atoms with Gasteiger partial charge in [0.1, 0.15) is 5.69 Å². The largest absolute Gasteiger partial charge is 0.692 e. The topological polar surface area (TPSA) is 127 Å². The number of para-hydroxylation sites is 1. The van der Waals surface area contributed by atoms with Crippen LogP contribution in [0.15, 0.2) is 57.6 Å². The van der Waals surface area contributed by atoms with E-state index in [4.69, 9.17) is 0 Å². The summed E-state index contributed by atoms with van der Waals surface area (Å²) in [5.41, 5.74) is 2.38. The van der Waals surface area contributed by atoms with E-state index in [2.05, 4.69) is 36.1 Å². The summed E-state index contributed by atoms with van der Waals surface area (Å²) in [6, 6.07) is 13.8. The number of nitrogens with one attached hydrogen (secondary N) is 1. The molecular formula is C19H13BrN6O4. The quantitative estimate of drug-likeness (QED) is 0.361. The standard InChI is InChI=1S/C19H13BrN6O4/c20-11-5-7-12(8-6-11)21-19(27)13-3-1-2-4-14(13)24-22-17-15(25(24)28)9-10-16-18(17)23-30-26(16)29/h1-8H,9-10H2,(H,21,27). The first kappa shape index (κ1) is 18.3. The molecule has 2 aromatic heterocycles. The summed E-state index contributed by atoms with van der Waals surface area (Å²) in [5.74, 6) is -0.388. The number of benzene rings is 2. The summed E-state index contributed by atoms with van der Waals surface area (Å²) < 4.78 is 5.54. The van der Waals surface area contributed by atoms with Crippen molar-refractivity contribution < 1.29 is 19.2 Å². The van der Waals surface area contributed by atoms with Crippen LogP contribution in [0.25, 0.3) is 17.1 Å². The van der Waals surface area contributed by atoms with E-state index in [0.717, 1.165) is 9.27 Å². The van der Waals surface area contributed by atoms with Crippen LogP contribution in [-0.4, -0.2) is 21.0 Å². The Labute approximate surface area is 177 Å². The maximum Gasteiger partial charge on any atom is 0.303 e. The molecule has 0 radical (unpaired) electrons. The Morgan fingerprint density at radius 2 is 1.80 bits per heavy atom. The molecule has 30 heavy (non-hydrogen) atoms. The molecule has 0 saturated carbocycles. The Morgan fingerprint density at radius 1 is 1.07 bits per heavy atom. The maximum atomic E-state index is 12.9. The van der Waals surface area contributed by atoms with Gasteiger partial charge in [-0.25, -0.2) is 0 Å². The van der Waals surface area contributed by atoms with Crippen LogP contribution in [0.1, 0.15) is 21.7 Å². The number of rotatable bonds is 3. The number of aromatic nitrogens is 5. The molecule has 0 bridgehead atoms. The third kappa shape index (κ3) is 2.90. The average molecular weight is 469 g/mol. The van der Waals surface area contributed by atoms with Crippen LogP contribution in [0.5, 0.6) is 0 Å². The smallest absolute Gasteiger partial charge is 0.303 e. The van der Waals surface area contributed by atoms with Gasteiger partial charge in [-0.3, -0.25) is 9.42 Å². The van der Waals surface area contributed by atoms with Crippen molar-refractivity contribution in [3.05, 3.63) is 80.4 Å². The number of carbonyl (C=O) groups excluding carboxylic acids is 1. The minimum Gasteiger partial charge on any atom is -0.692 e.